The van der Waals surface area contributed by atoms with Gasteiger partial charge in [-0.25, -0.2) is 0 Å². The van der Waals surface area contributed by atoms with Crippen LogP contribution in [0.3, 0.4) is 0 Å². The van der Waals surface area contributed by atoms with Crippen LogP contribution in [-0.2, 0) is 11.2 Å². The Bertz CT molecular complexity index is 776. The van der Waals surface area contributed by atoms with E-state index in [4.69, 9.17) is 18.7 Å². The highest BCUT2D eigenvalue weighted by atomic mass is 16.5. The van der Waals surface area contributed by atoms with Crippen LogP contribution in [0.4, 0.5) is 0 Å². The van der Waals surface area contributed by atoms with Crippen LogP contribution in [-0.4, -0.2) is 61.0 Å². The predicted molar refractivity (Wildman–Crippen MR) is 97.2 cm³/mol. The van der Waals surface area contributed by atoms with Gasteiger partial charge in [0.15, 0.2) is 17.3 Å². The lowest BCUT2D eigenvalue weighted by Crippen LogP contribution is -2.43. The van der Waals surface area contributed by atoms with E-state index in [0.29, 0.717) is 54.9 Å². The first-order valence-electron chi connectivity index (χ1n) is 9.03. The Labute approximate surface area is 158 Å². The highest BCUT2D eigenvalue weighted by Crippen LogP contribution is 2.32. The fourth-order valence-corrected chi connectivity index (χ4v) is 3.24. The maximum Gasteiger partial charge on any atom is 0.257 e. The monoisotopic (exact) mass is 375 g/mol. The average molecular weight is 375 g/mol. The largest absolute Gasteiger partial charge is 0.493 e. The zero-order valence-electron chi connectivity index (χ0n) is 15.9. The minimum absolute atomic E-state index is 0.00713. The van der Waals surface area contributed by atoms with Crippen LogP contribution in [0.25, 0.3) is 0 Å². The lowest BCUT2D eigenvalue weighted by Gasteiger charge is -2.33. The van der Waals surface area contributed by atoms with Crippen LogP contribution in [0.1, 0.15) is 34.9 Å². The Morgan fingerprint density at radius 3 is 2.89 bits per heavy atom. The maximum atomic E-state index is 13.0. The van der Waals surface area contributed by atoms with Crippen molar-refractivity contribution in [2.45, 2.75) is 32.3 Å². The summed E-state index contributed by atoms with van der Waals surface area (Å²) in [5, 5.41) is 3.86. The number of carbonyl (C=O) groups is 1. The normalized spacial score (nSPS) is 17.0. The first-order valence-corrected chi connectivity index (χ1v) is 9.03. The zero-order chi connectivity index (χ0) is 19.2. The van der Waals surface area contributed by atoms with Gasteiger partial charge in [0.05, 0.1) is 32.5 Å². The van der Waals surface area contributed by atoms with Gasteiger partial charge in [0.1, 0.15) is 0 Å². The SMILES string of the molecule is COc1cccc(C(=O)N2CCCC(OCCc3noc(C)n3)C2)c1OC. The van der Waals surface area contributed by atoms with E-state index in [1.807, 2.05) is 4.90 Å². The van der Waals surface area contributed by atoms with E-state index in [-0.39, 0.29) is 12.0 Å². The molecule has 1 aromatic heterocycles. The Kier molecular flexibility index (Phi) is 6.28. The van der Waals surface area contributed by atoms with Crippen LogP contribution in [0, 0.1) is 6.92 Å². The van der Waals surface area contributed by atoms with Crippen molar-refractivity contribution in [3.8, 4) is 11.5 Å². The number of rotatable bonds is 7. The van der Waals surface area contributed by atoms with Crippen molar-refractivity contribution in [1.82, 2.24) is 15.0 Å². The second kappa shape index (κ2) is 8.85. The third-order valence-electron chi connectivity index (χ3n) is 4.55. The van der Waals surface area contributed by atoms with Crippen molar-refractivity contribution in [1.29, 1.82) is 0 Å². The lowest BCUT2D eigenvalue weighted by atomic mass is 10.1. The first kappa shape index (κ1) is 19.2. The van der Waals surface area contributed by atoms with Gasteiger partial charge < -0.3 is 23.6 Å². The molecule has 1 saturated heterocycles. The van der Waals surface area contributed by atoms with Crippen molar-refractivity contribution < 1.29 is 23.5 Å². The predicted octanol–water partition coefficient (Wildman–Crippen LogP) is 2.26. The van der Waals surface area contributed by atoms with Crippen molar-refractivity contribution in [2.24, 2.45) is 0 Å². The molecule has 146 valence electrons. The van der Waals surface area contributed by atoms with E-state index >= 15 is 0 Å². The summed E-state index contributed by atoms with van der Waals surface area (Å²) in [6.45, 7) is 3.50. The molecule has 8 heteroatoms. The number of methoxy groups -OCH3 is 2. The highest BCUT2D eigenvalue weighted by Gasteiger charge is 2.27. The van der Waals surface area contributed by atoms with E-state index in [0.717, 1.165) is 12.8 Å². The third kappa shape index (κ3) is 4.57. The molecule has 3 rings (SSSR count). The smallest absolute Gasteiger partial charge is 0.257 e. The number of aromatic nitrogens is 2. The number of nitrogens with zero attached hydrogens (tertiary/aromatic N) is 3. The fraction of sp³-hybridized carbons (Fsp3) is 0.526. The number of amides is 1. The number of benzene rings is 1. The molecule has 27 heavy (non-hydrogen) atoms. The molecule has 0 spiro atoms. The first-order chi connectivity index (χ1) is 13.1. The van der Waals surface area contributed by atoms with Gasteiger partial charge >= 0.3 is 0 Å². The Balaban J connectivity index is 1.59. The van der Waals surface area contributed by atoms with Gasteiger partial charge in [-0.05, 0) is 25.0 Å². The van der Waals surface area contributed by atoms with Crippen molar-refractivity contribution in [2.75, 3.05) is 33.9 Å². The average Bonchev–Trinajstić information content (AvgIpc) is 3.12. The Morgan fingerprint density at radius 1 is 1.33 bits per heavy atom. The summed E-state index contributed by atoms with van der Waals surface area (Å²) in [5.74, 6) is 2.11. The summed E-state index contributed by atoms with van der Waals surface area (Å²) >= 11 is 0. The number of para-hydroxylation sites is 1. The van der Waals surface area contributed by atoms with Gasteiger partial charge in [-0.15, -0.1) is 0 Å². The molecule has 0 bridgehead atoms. The molecule has 1 aliphatic rings. The lowest BCUT2D eigenvalue weighted by molar-refractivity contribution is 0.00240. The van der Waals surface area contributed by atoms with Crippen molar-refractivity contribution in [3.05, 3.63) is 35.5 Å². The van der Waals surface area contributed by atoms with E-state index in [1.165, 1.54) is 7.11 Å². The molecular weight excluding hydrogens is 350 g/mol. The van der Waals surface area contributed by atoms with Crippen LogP contribution in [0.15, 0.2) is 22.7 Å². The molecular formula is C19H25N3O5. The van der Waals surface area contributed by atoms with Gasteiger partial charge in [-0.3, -0.25) is 4.79 Å². The number of hydrogen-bond donors (Lipinski definition) is 0. The number of hydrogen-bond acceptors (Lipinski definition) is 7. The molecule has 2 aromatic rings. The minimum atomic E-state index is -0.0761. The number of piperidine rings is 1. The van der Waals surface area contributed by atoms with E-state index in [1.54, 1.807) is 32.2 Å². The summed E-state index contributed by atoms with van der Waals surface area (Å²) < 4.78 is 21.6. The summed E-state index contributed by atoms with van der Waals surface area (Å²) in [7, 11) is 3.10. The quantitative estimate of drug-likeness (QED) is 0.733. The molecule has 1 fully saturated rings. The van der Waals surface area contributed by atoms with E-state index < -0.39 is 0 Å². The zero-order valence-corrected chi connectivity index (χ0v) is 15.9. The van der Waals surface area contributed by atoms with Crippen LogP contribution >= 0.6 is 0 Å². The van der Waals surface area contributed by atoms with Crippen LogP contribution < -0.4 is 9.47 Å². The number of likely N-dealkylation sites (tertiary alicyclic amines) is 1. The standard InChI is InChI=1S/C19H25N3O5/c1-13-20-17(21-27-13)9-11-26-14-6-5-10-22(12-14)19(23)15-7-4-8-16(24-2)18(15)25-3/h4,7-8,14H,5-6,9-12H2,1-3H3. The third-order valence-corrected chi connectivity index (χ3v) is 4.55. The molecule has 0 N–H and O–H groups in total. The topological polar surface area (TPSA) is 86.9 Å². The molecule has 0 aliphatic carbocycles. The maximum absolute atomic E-state index is 13.0. The van der Waals surface area contributed by atoms with Crippen molar-refractivity contribution in [3.63, 3.8) is 0 Å². The minimum Gasteiger partial charge on any atom is -0.493 e. The van der Waals surface area contributed by atoms with E-state index in [2.05, 4.69) is 10.1 Å². The van der Waals surface area contributed by atoms with Gasteiger partial charge in [0.25, 0.3) is 5.91 Å². The molecule has 1 aliphatic heterocycles. The summed E-state index contributed by atoms with van der Waals surface area (Å²) in [5.41, 5.74) is 0.500. The van der Waals surface area contributed by atoms with Crippen LogP contribution in [0.2, 0.25) is 0 Å². The number of ether oxygens (including phenoxy) is 3. The molecule has 1 aromatic carbocycles. The molecule has 1 atom stereocenters. The van der Waals surface area contributed by atoms with E-state index in [9.17, 15) is 4.79 Å². The summed E-state index contributed by atoms with van der Waals surface area (Å²) in [6, 6.07) is 5.32. The molecule has 0 radical (unpaired) electrons. The van der Waals surface area contributed by atoms with Gasteiger partial charge in [0.2, 0.25) is 5.89 Å². The fourth-order valence-electron chi connectivity index (χ4n) is 3.24. The molecule has 0 saturated carbocycles. The summed E-state index contributed by atoms with van der Waals surface area (Å²) in [4.78, 5) is 19.0. The van der Waals surface area contributed by atoms with Gasteiger partial charge in [-0.1, -0.05) is 11.2 Å². The molecule has 8 nitrogen and oxygen atoms in total. The van der Waals surface area contributed by atoms with Gasteiger partial charge in [0, 0.05) is 26.4 Å². The Hall–Kier alpha value is -2.61. The second-order valence-electron chi connectivity index (χ2n) is 6.41. The van der Waals surface area contributed by atoms with Crippen molar-refractivity contribution >= 4 is 5.91 Å². The highest BCUT2D eigenvalue weighted by molar-refractivity contribution is 5.97. The number of carbonyl (C=O) groups excluding carboxylic acids is 1. The molecule has 1 amide bonds. The Morgan fingerprint density at radius 2 is 2.19 bits per heavy atom. The molecule has 1 unspecified atom stereocenters. The molecule has 2 heterocycles. The second-order valence-corrected chi connectivity index (χ2v) is 6.41. The van der Waals surface area contributed by atoms with Gasteiger partial charge in [-0.2, -0.15) is 4.98 Å². The van der Waals surface area contributed by atoms with Crippen LogP contribution in [0.5, 0.6) is 11.5 Å². The number of aryl methyl sites for hydroxylation is 1. The summed E-state index contributed by atoms with van der Waals surface area (Å²) in [6.07, 6.45) is 2.40.